The number of ether oxygens (including phenoxy) is 1. The monoisotopic (exact) mass is 298 g/mol. The van der Waals surface area contributed by atoms with Crippen molar-refractivity contribution in [3.8, 4) is 0 Å². The maximum atomic E-state index is 11.4. The van der Waals surface area contributed by atoms with Crippen molar-refractivity contribution in [3.63, 3.8) is 0 Å². The third-order valence-electron chi connectivity index (χ3n) is 3.66. The van der Waals surface area contributed by atoms with E-state index in [2.05, 4.69) is 12.2 Å². The number of sulfonamides is 1. The Morgan fingerprint density at radius 3 is 2.85 bits per heavy atom. The Morgan fingerprint density at radius 2 is 2.20 bits per heavy atom. The van der Waals surface area contributed by atoms with Crippen molar-refractivity contribution >= 4 is 10.0 Å². The number of benzene rings is 1. The van der Waals surface area contributed by atoms with Gasteiger partial charge in [0.2, 0.25) is 10.0 Å². The molecule has 3 atom stereocenters. The molecule has 1 aromatic carbocycles. The molecule has 20 heavy (non-hydrogen) atoms. The van der Waals surface area contributed by atoms with Gasteiger partial charge in [-0.15, -0.1) is 0 Å². The Balaban J connectivity index is 2.07. The van der Waals surface area contributed by atoms with Crippen LogP contribution in [0.5, 0.6) is 0 Å². The third kappa shape index (κ3) is 4.02. The van der Waals surface area contributed by atoms with Crippen molar-refractivity contribution in [1.29, 1.82) is 0 Å². The highest BCUT2D eigenvalue weighted by molar-refractivity contribution is 7.89. The largest absolute Gasteiger partial charge is 0.378 e. The van der Waals surface area contributed by atoms with Crippen molar-refractivity contribution in [2.45, 2.75) is 49.8 Å². The van der Waals surface area contributed by atoms with Crippen LogP contribution in [0, 0.1) is 0 Å². The molecule has 5 nitrogen and oxygen atoms in total. The van der Waals surface area contributed by atoms with Crippen molar-refractivity contribution in [1.82, 2.24) is 5.32 Å². The van der Waals surface area contributed by atoms with Crippen molar-refractivity contribution < 1.29 is 13.2 Å². The zero-order valence-corrected chi connectivity index (χ0v) is 12.7. The van der Waals surface area contributed by atoms with Gasteiger partial charge in [0.1, 0.15) is 0 Å². The molecular formula is C14H22N2O3S. The highest BCUT2D eigenvalue weighted by Gasteiger charge is 2.21. The molecule has 1 fully saturated rings. The molecular weight excluding hydrogens is 276 g/mol. The van der Waals surface area contributed by atoms with Crippen molar-refractivity contribution in [2.75, 3.05) is 6.61 Å². The van der Waals surface area contributed by atoms with E-state index in [1.807, 2.05) is 13.0 Å². The lowest BCUT2D eigenvalue weighted by molar-refractivity contribution is 0.0116. The molecule has 1 aliphatic heterocycles. The van der Waals surface area contributed by atoms with Gasteiger partial charge in [0.15, 0.2) is 0 Å². The second-order valence-electron chi connectivity index (χ2n) is 5.41. The summed E-state index contributed by atoms with van der Waals surface area (Å²) >= 11 is 0. The van der Waals surface area contributed by atoms with Crippen molar-refractivity contribution in [3.05, 3.63) is 29.8 Å². The SMILES string of the molecule is CC1CC(NC(C)c2cccc(S(N)(=O)=O)c2)CCO1. The first-order valence-electron chi connectivity index (χ1n) is 6.86. The highest BCUT2D eigenvalue weighted by atomic mass is 32.2. The van der Waals surface area contributed by atoms with Gasteiger partial charge in [0.05, 0.1) is 11.0 Å². The molecule has 6 heteroatoms. The summed E-state index contributed by atoms with van der Waals surface area (Å²) in [5, 5.41) is 8.69. The molecule has 1 aromatic rings. The van der Waals surface area contributed by atoms with Crippen LogP contribution in [0.3, 0.4) is 0 Å². The molecule has 0 bridgehead atoms. The van der Waals surface area contributed by atoms with Gasteiger partial charge in [0, 0.05) is 18.7 Å². The van der Waals surface area contributed by atoms with E-state index >= 15 is 0 Å². The molecule has 0 spiro atoms. The lowest BCUT2D eigenvalue weighted by Crippen LogP contribution is -2.39. The number of hydrogen-bond acceptors (Lipinski definition) is 4. The average molecular weight is 298 g/mol. The van der Waals surface area contributed by atoms with Gasteiger partial charge < -0.3 is 10.1 Å². The zero-order valence-electron chi connectivity index (χ0n) is 11.9. The number of rotatable bonds is 4. The van der Waals surface area contributed by atoms with E-state index in [1.54, 1.807) is 12.1 Å². The molecule has 1 saturated heterocycles. The zero-order chi connectivity index (χ0) is 14.8. The fourth-order valence-electron chi connectivity index (χ4n) is 2.56. The molecule has 0 aromatic heterocycles. The van der Waals surface area contributed by atoms with E-state index in [0.717, 1.165) is 25.0 Å². The summed E-state index contributed by atoms with van der Waals surface area (Å²) in [6.45, 7) is 4.87. The van der Waals surface area contributed by atoms with Crippen LogP contribution < -0.4 is 10.5 Å². The van der Waals surface area contributed by atoms with Gasteiger partial charge in [-0.2, -0.15) is 0 Å². The van der Waals surface area contributed by atoms with Gasteiger partial charge in [-0.3, -0.25) is 0 Å². The maximum Gasteiger partial charge on any atom is 0.238 e. The van der Waals surface area contributed by atoms with Gasteiger partial charge >= 0.3 is 0 Å². The quantitative estimate of drug-likeness (QED) is 0.883. The second-order valence-corrected chi connectivity index (χ2v) is 6.97. The highest BCUT2D eigenvalue weighted by Crippen LogP contribution is 2.20. The smallest absolute Gasteiger partial charge is 0.238 e. The molecule has 0 saturated carbocycles. The van der Waals surface area contributed by atoms with Gasteiger partial charge in [-0.05, 0) is 44.4 Å². The Hall–Kier alpha value is -0.950. The van der Waals surface area contributed by atoms with E-state index in [1.165, 1.54) is 6.07 Å². The Labute approximate surface area is 120 Å². The molecule has 1 heterocycles. The summed E-state index contributed by atoms with van der Waals surface area (Å²) in [5.74, 6) is 0. The first kappa shape index (κ1) is 15.4. The minimum atomic E-state index is -3.65. The van der Waals surface area contributed by atoms with Crippen LogP contribution in [0.15, 0.2) is 29.2 Å². The molecule has 112 valence electrons. The van der Waals surface area contributed by atoms with E-state index in [-0.39, 0.29) is 17.0 Å². The first-order valence-corrected chi connectivity index (χ1v) is 8.41. The Bertz CT molecular complexity index is 559. The Kier molecular flexibility index (Phi) is 4.80. The summed E-state index contributed by atoms with van der Waals surface area (Å²) in [5.41, 5.74) is 0.927. The number of hydrogen-bond donors (Lipinski definition) is 2. The second kappa shape index (κ2) is 6.22. The van der Waals surface area contributed by atoms with Crippen molar-refractivity contribution in [2.24, 2.45) is 5.14 Å². The summed E-state index contributed by atoms with van der Waals surface area (Å²) in [6, 6.07) is 7.26. The van der Waals surface area contributed by atoms with Crippen LogP contribution in [0.4, 0.5) is 0 Å². The third-order valence-corrected chi connectivity index (χ3v) is 4.57. The molecule has 3 unspecified atom stereocenters. The van der Waals surface area contributed by atoms with E-state index in [0.29, 0.717) is 6.04 Å². The van der Waals surface area contributed by atoms with E-state index in [4.69, 9.17) is 9.88 Å². The minimum Gasteiger partial charge on any atom is -0.378 e. The van der Waals surface area contributed by atoms with Gasteiger partial charge in [-0.1, -0.05) is 12.1 Å². The predicted octanol–water partition coefficient (Wildman–Crippen LogP) is 1.55. The standard InChI is InChI=1S/C14H22N2O3S/c1-10-8-13(6-7-19-10)16-11(2)12-4-3-5-14(9-12)20(15,17)18/h3-5,9-11,13,16H,6-8H2,1-2H3,(H2,15,17,18). The van der Waals surface area contributed by atoms with Crippen LogP contribution in [0.25, 0.3) is 0 Å². The predicted molar refractivity (Wildman–Crippen MR) is 77.8 cm³/mol. The molecule has 2 rings (SSSR count). The van der Waals surface area contributed by atoms with E-state index in [9.17, 15) is 8.42 Å². The number of nitrogens with one attached hydrogen (secondary N) is 1. The fraction of sp³-hybridized carbons (Fsp3) is 0.571. The summed E-state index contributed by atoms with van der Waals surface area (Å²) in [6.07, 6.45) is 2.21. The molecule has 0 radical (unpaired) electrons. The summed E-state index contributed by atoms with van der Waals surface area (Å²) in [7, 11) is -3.65. The maximum absolute atomic E-state index is 11.4. The molecule has 1 aliphatic rings. The van der Waals surface area contributed by atoms with Gasteiger partial charge in [-0.25, -0.2) is 13.6 Å². The lowest BCUT2D eigenvalue weighted by atomic mass is 10.0. The number of nitrogens with two attached hydrogens (primary N) is 1. The topological polar surface area (TPSA) is 81.4 Å². The Morgan fingerprint density at radius 1 is 1.45 bits per heavy atom. The summed E-state index contributed by atoms with van der Waals surface area (Å²) < 4.78 is 28.3. The van der Waals surface area contributed by atoms with E-state index < -0.39 is 10.0 Å². The van der Waals surface area contributed by atoms with Crippen LogP contribution in [-0.4, -0.2) is 27.2 Å². The number of primary sulfonamides is 1. The minimum absolute atomic E-state index is 0.0759. The average Bonchev–Trinajstić information content (AvgIpc) is 2.38. The van der Waals surface area contributed by atoms with Crippen LogP contribution in [-0.2, 0) is 14.8 Å². The van der Waals surface area contributed by atoms with Crippen LogP contribution >= 0.6 is 0 Å². The molecule has 0 amide bonds. The summed E-state index contributed by atoms with van der Waals surface area (Å²) in [4.78, 5) is 0.156. The fourth-order valence-corrected chi connectivity index (χ4v) is 3.13. The van der Waals surface area contributed by atoms with Crippen LogP contribution in [0.2, 0.25) is 0 Å². The first-order chi connectivity index (χ1) is 9.36. The van der Waals surface area contributed by atoms with Gasteiger partial charge in [0.25, 0.3) is 0 Å². The molecule has 3 N–H and O–H groups in total. The lowest BCUT2D eigenvalue weighted by Gasteiger charge is -2.30. The normalized spacial score (nSPS) is 25.4. The molecule has 0 aliphatic carbocycles. The van der Waals surface area contributed by atoms with Crippen LogP contribution in [0.1, 0.15) is 38.3 Å².